The first kappa shape index (κ1) is 13.6. The summed E-state index contributed by atoms with van der Waals surface area (Å²) in [5, 5.41) is 3.54. The van der Waals surface area contributed by atoms with Gasteiger partial charge in [-0.2, -0.15) is 0 Å². The number of halogens is 1. The van der Waals surface area contributed by atoms with E-state index in [-0.39, 0.29) is 5.54 Å². The van der Waals surface area contributed by atoms with Crippen LogP contribution in [0.1, 0.15) is 20.8 Å². The quantitative estimate of drug-likeness (QED) is 0.743. The molecule has 4 nitrogen and oxygen atoms in total. The SMILES string of the molecule is CC(C)(C)Nc1c(-c2ccc(Br)s2)nc2cnccn12. The van der Waals surface area contributed by atoms with Crippen molar-refractivity contribution in [2.45, 2.75) is 26.3 Å². The molecule has 0 amide bonds. The summed E-state index contributed by atoms with van der Waals surface area (Å²) < 4.78 is 3.14. The lowest BCUT2D eigenvalue weighted by molar-refractivity contribution is 0.629. The maximum atomic E-state index is 4.71. The van der Waals surface area contributed by atoms with Gasteiger partial charge in [-0.25, -0.2) is 4.98 Å². The molecule has 0 aliphatic heterocycles. The first-order valence-corrected chi connectivity index (χ1v) is 7.91. The lowest BCUT2D eigenvalue weighted by Gasteiger charge is -2.22. The van der Waals surface area contributed by atoms with Crippen molar-refractivity contribution in [2.75, 3.05) is 5.32 Å². The number of aromatic nitrogens is 3. The molecule has 20 heavy (non-hydrogen) atoms. The number of nitrogens with one attached hydrogen (secondary N) is 1. The van der Waals surface area contributed by atoms with Gasteiger partial charge in [-0.15, -0.1) is 11.3 Å². The Bertz CT molecular complexity index is 754. The first-order chi connectivity index (χ1) is 9.44. The zero-order valence-corrected chi connectivity index (χ0v) is 13.9. The molecular weight excluding hydrogens is 336 g/mol. The molecule has 0 bridgehead atoms. The number of hydrogen-bond donors (Lipinski definition) is 1. The fourth-order valence-corrected chi connectivity index (χ4v) is 3.37. The van der Waals surface area contributed by atoms with Gasteiger partial charge in [0, 0.05) is 17.9 Å². The molecule has 0 radical (unpaired) electrons. The normalized spacial score (nSPS) is 12.0. The molecule has 1 N–H and O–H groups in total. The molecule has 3 aromatic heterocycles. The van der Waals surface area contributed by atoms with Crippen LogP contribution in [0.15, 0.2) is 34.5 Å². The van der Waals surface area contributed by atoms with Gasteiger partial charge >= 0.3 is 0 Å². The summed E-state index contributed by atoms with van der Waals surface area (Å²) in [5.41, 5.74) is 1.77. The van der Waals surface area contributed by atoms with E-state index in [1.165, 1.54) is 0 Å². The van der Waals surface area contributed by atoms with Gasteiger partial charge in [0.15, 0.2) is 5.65 Å². The first-order valence-electron chi connectivity index (χ1n) is 6.30. The summed E-state index contributed by atoms with van der Waals surface area (Å²) in [5.74, 6) is 1.00. The van der Waals surface area contributed by atoms with E-state index in [4.69, 9.17) is 4.98 Å². The van der Waals surface area contributed by atoms with Crippen LogP contribution >= 0.6 is 27.3 Å². The largest absolute Gasteiger partial charge is 0.365 e. The number of nitrogens with zero attached hydrogens (tertiary/aromatic N) is 3. The molecule has 0 aliphatic carbocycles. The maximum Gasteiger partial charge on any atom is 0.157 e. The minimum absolute atomic E-state index is 0.0392. The molecule has 3 rings (SSSR count). The minimum atomic E-state index is -0.0392. The molecule has 0 unspecified atom stereocenters. The summed E-state index contributed by atoms with van der Waals surface area (Å²) in [6.07, 6.45) is 5.49. The third kappa shape index (κ3) is 2.58. The monoisotopic (exact) mass is 350 g/mol. The second kappa shape index (κ2) is 4.86. The molecule has 0 fully saturated rings. The highest BCUT2D eigenvalue weighted by atomic mass is 79.9. The van der Waals surface area contributed by atoms with E-state index in [1.54, 1.807) is 23.7 Å². The fraction of sp³-hybridized carbons (Fsp3) is 0.286. The standard InChI is InChI=1S/C14H15BrN4S/c1-14(2,3)18-13-12(9-4-5-10(15)20-9)17-11-8-16-6-7-19(11)13/h4-8,18H,1-3H3. The summed E-state index contributed by atoms with van der Waals surface area (Å²) in [7, 11) is 0. The van der Waals surface area contributed by atoms with E-state index in [0.717, 1.165) is 25.8 Å². The highest BCUT2D eigenvalue weighted by Gasteiger charge is 2.20. The van der Waals surface area contributed by atoms with Crippen LogP contribution in [0.2, 0.25) is 0 Å². The molecule has 0 spiro atoms. The van der Waals surface area contributed by atoms with Crippen molar-refractivity contribution in [2.24, 2.45) is 0 Å². The van der Waals surface area contributed by atoms with E-state index in [2.05, 4.69) is 53.1 Å². The number of anilines is 1. The van der Waals surface area contributed by atoms with Crippen LogP contribution in [0.5, 0.6) is 0 Å². The van der Waals surface area contributed by atoms with Gasteiger partial charge in [-0.3, -0.25) is 9.38 Å². The van der Waals surface area contributed by atoms with Gasteiger partial charge in [0.25, 0.3) is 0 Å². The Morgan fingerprint density at radius 3 is 2.75 bits per heavy atom. The number of fused-ring (bicyclic) bond motifs is 1. The van der Waals surface area contributed by atoms with Crippen molar-refractivity contribution >= 4 is 38.7 Å². The van der Waals surface area contributed by atoms with Crippen LogP contribution in [-0.4, -0.2) is 19.9 Å². The van der Waals surface area contributed by atoms with Crippen molar-refractivity contribution in [3.05, 3.63) is 34.5 Å². The summed E-state index contributed by atoms with van der Waals surface area (Å²) in [6.45, 7) is 6.42. The fourth-order valence-electron chi connectivity index (χ4n) is 1.99. The topological polar surface area (TPSA) is 42.2 Å². The van der Waals surface area contributed by atoms with Gasteiger partial charge in [0.05, 0.1) is 14.9 Å². The summed E-state index contributed by atoms with van der Waals surface area (Å²) in [4.78, 5) is 9.99. The Kier molecular flexibility index (Phi) is 3.30. The molecule has 0 aromatic carbocycles. The van der Waals surface area contributed by atoms with Crippen LogP contribution in [0.3, 0.4) is 0 Å². The van der Waals surface area contributed by atoms with E-state index in [1.807, 2.05) is 16.7 Å². The van der Waals surface area contributed by atoms with Gasteiger partial charge in [0.1, 0.15) is 11.5 Å². The van der Waals surface area contributed by atoms with E-state index >= 15 is 0 Å². The number of thiophene rings is 1. The Labute approximate surface area is 130 Å². The second-order valence-corrected chi connectivity index (χ2v) is 8.06. The highest BCUT2D eigenvalue weighted by Crippen LogP contribution is 2.36. The minimum Gasteiger partial charge on any atom is -0.365 e. The Morgan fingerprint density at radius 1 is 1.30 bits per heavy atom. The van der Waals surface area contributed by atoms with Crippen LogP contribution in [0.4, 0.5) is 5.82 Å². The summed E-state index contributed by atoms with van der Waals surface area (Å²) in [6, 6.07) is 4.13. The van der Waals surface area contributed by atoms with Crippen molar-refractivity contribution in [1.29, 1.82) is 0 Å². The van der Waals surface area contributed by atoms with Crippen LogP contribution in [-0.2, 0) is 0 Å². The highest BCUT2D eigenvalue weighted by molar-refractivity contribution is 9.11. The van der Waals surface area contributed by atoms with Crippen molar-refractivity contribution in [1.82, 2.24) is 14.4 Å². The molecule has 3 heterocycles. The number of rotatable bonds is 2. The zero-order valence-electron chi connectivity index (χ0n) is 11.5. The molecule has 0 aliphatic rings. The average Bonchev–Trinajstić information content (AvgIpc) is 2.93. The molecular formula is C14H15BrN4S. The number of hydrogen-bond acceptors (Lipinski definition) is 4. The van der Waals surface area contributed by atoms with Crippen molar-refractivity contribution in [3.63, 3.8) is 0 Å². The summed E-state index contributed by atoms with van der Waals surface area (Å²) >= 11 is 5.19. The third-order valence-electron chi connectivity index (χ3n) is 2.73. The Balaban J connectivity index is 2.22. The van der Waals surface area contributed by atoms with Gasteiger partial charge in [-0.1, -0.05) is 0 Å². The van der Waals surface area contributed by atoms with Crippen LogP contribution in [0, 0.1) is 0 Å². The van der Waals surface area contributed by atoms with Crippen molar-refractivity contribution in [3.8, 4) is 10.6 Å². The predicted molar refractivity (Wildman–Crippen MR) is 87.4 cm³/mol. The van der Waals surface area contributed by atoms with E-state index < -0.39 is 0 Å². The lowest BCUT2D eigenvalue weighted by Crippen LogP contribution is -2.27. The van der Waals surface area contributed by atoms with Gasteiger partial charge < -0.3 is 5.32 Å². The molecule has 0 saturated heterocycles. The molecule has 0 saturated carbocycles. The smallest absolute Gasteiger partial charge is 0.157 e. The maximum absolute atomic E-state index is 4.71. The zero-order chi connectivity index (χ0) is 14.3. The van der Waals surface area contributed by atoms with E-state index in [9.17, 15) is 0 Å². The van der Waals surface area contributed by atoms with Crippen LogP contribution in [0.25, 0.3) is 16.2 Å². The van der Waals surface area contributed by atoms with E-state index in [0.29, 0.717) is 0 Å². The van der Waals surface area contributed by atoms with Gasteiger partial charge in [0.2, 0.25) is 0 Å². The molecule has 0 atom stereocenters. The Morgan fingerprint density at radius 2 is 2.10 bits per heavy atom. The lowest BCUT2D eigenvalue weighted by atomic mass is 10.1. The molecule has 6 heteroatoms. The molecule has 3 aromatic rings. The average molecular weight is 351 g/mol. The van der Waals surface area contributed by atoms with Crippen molar-refractivity contribution < 1.29 is 0 Å². The molecule has 104 valence electrons. The third-order valence-corrected chi connectivity index (χ3v) is 4.36. The van der Waals surface area contributed by atoms with Gasteiger partial charge in [-0.05, 0) is 48.8 Å². The predicted octanol–water partition coefficient (Wildman–Crippen LogP) is 4.43. The Hall–Kier alpha value is -1.40. The number of imidazole rings is 1. The van der Waals surface area contributed by atoms with Crippen LogP contribution < -0.4 is 5.32 Å². The second-order valence-electron chi connectivity index (χ2n) is 5.59.